The Morgan fingerprint density at radius 3 is 2.70 bits per heavy atom. The van der Waals surface area contributed by atoms with Crippen molar-refractivity contribution >= 4 is 22.4 Å². The van der Waals surface area contributed by atoms with Gasteiger partial charge in [0.15, 0.2) is 0 Å². The molecular weight excluding hydrogens is 276 g/mol. The van der Waals surface area contributed by atoms with E-state index in [1.165, 1.54) is 0 Å². The van der Waals surface area contributed by atoms with Gasteiger partial charge in [-0.25, -0.2) is 0 Å². The quantitative estimate of drug-likeness (QED) is 0.842. The molecule has 1 heterocycles. The predicted molar refractivity (Wildman–Crippen MR) is 78.9 cm³/mol. The molecule has 0 spiro atoms. The number of morpholine rings is 1. The van der Waals surface area contributed by atoms with Crippen molar-refractivity contribution in [1.29, 1.82) is 0 Å². The molecular formula is C14H20N2O3S. The molecule has 1 aliphatic heterocycles. The Morgan fingerprint density at radius 1 is 1.40 bits per heavy atom. The molecule has 20 heavy (non-hydrogen) atoms. The van der Waals surface area contributed by atoms with Crippen LogP contribution in [-0.4, -0.2) is 46.6 Å². The molecule has 6 heteroatoms. The fraction of sp³-hybridized carbons (Fsp3) is 0.500. The number of carbonyl (C=O) groups excluding carboxylic acids is 1. The number of carbonyl (C=O) groups is 1. The first-order valence-electron chi connectivity index (χ1n) is 6.64. The molecule has 1 aliphatic rings. The molecule has 0 radical (unpaired) electrons. The van der Waals surface area contributed by atoms with Gasteiger partial charge in [-0.2, -0.15) is 0 Å². The molecule has 2 rings (SSSR count). The maximum atomic E-state index is 12.6. The maximum Gasteiger partial charge on any atom is 0.238 e. The minimum absolute atomic E-state index is 0.104. The van der Waals surface area contributed by atoms with E-state index in [-0.39, 0.29) is 5.91 Å². The van der Waals surface area contributed by atoms with Crippen LogP contribution in [0, 0.1) is 6.92 Å². The minimum Gasteiger partial charge on any atom is -0.398 e. The highest BCUT2D eigenvalue weighted by atomic mass is 32.2. The molecule has 110 valence electrons. The minimum atomic E-state index is -1.44. The lowest BCUT2D eigenvalue weighted by atomic mass is 10.2. The third-order valence-electron chi connectivity index (χ3n) is 3.38. The molecule has 0 aromatic heterocycles. The molecule has 2 atom stereocenters. The summed E-state index contributed by atoms with van der Waals surface area (Å²) in [4.78, 5) is 14.6. The summed E-state index contributed by atoms with van der Waals surface area (Å²) in [6.07, 6.45) is 0. The lowest BCUT2D eigenvalue weighted by Gasteiger charge is -2.29. The van der Waals surface area contributed by atoms with Crippen LogP contribution in [0.3, 0.4) is 0 Å². The van der Waals surface area contributed by atoms with E-state index in [4.69, 9.17) is 10.5 Å². The number of amides is 1. The number of nitrogens with two attached hydrogens (primary N) is 1. The smallest absolute Gasteiger partial charge is 0.238 e. The first-order chi connectivity index (χ1) is 9.50. The summed E-state index contributed by atoms with van der Waals surface area (Å²) in [5.74, 6) is -0.104. The van der Waals surface area contributed by atoms with Crippen LogP contribution < -0.4 is 5.73 Å². The number of nitrogen functional groups attached to an aromatic ring is 1. The molecule has 1 fully saturated rings. The Labute approximate surface area is 121 Å². The number of rotatable bonds is 3. The van der Waals surface area contributed by atoms with Gasteiger partial charge in [0.1, 0.15) is 5.25 Å². The Hall–Kier alpha value is -1.40. The van der Waals surface area contributed by atoms with E-state index in [2.05, 4.69) is 0 Å². The van der Waals surface area contributed by atoms with Crippen LogP contribution in [0.1, 0.15) is 12.5 Å². The SMILES string of the molecule is Cc1ccc(N)c(S(=O)C(C)C(=O)N2CCOCC2)c1. The van der Waals surface area contributed by atoms with Gasteiger partial charge in [0.25, 0.3) is 0 Å². The van der Waals surface area contributed by atoms with Crippen molar-refractivity contribution in [2.75, 3.05) is 32.0 Å². The van der Waals surface area contributed by atoms with Crippen LogP contribution >= 0.6 is 0 Å². The highest BCUT2D eigenvalue weighted by Crippen LogP contribution is 2.21. The van der Waals surface area contributed by atoms with E-state index in [9.17, 15) is 9.00 Å². The third kappa shape index (κ3) is 3.19. The van der Waals surface area contributed by atoms with Crippen LogP contribution in [0.25, 0.3) is 0 Å². The molecule has 1 aromatic rings. The molecule has 0 aliphatic carbocycles. The second kappa shape index (κ2) is 6.37. The van der Waals surface area contributed by atoms with E-state index in [0.717, 1.165) is 5.56 Å². The number of aryl methyl sites for hydroxylation is 1. The van der Waals surface area contributed by atoms with E-state index in [1.54, 1.807) is 24.0 Å². The van der Waals surface area contributed by atoms with Gasteiger partial charge in [-0.3, -0.25) is 9.00 Å². The lowest BCUT2D eigenvalue weighted by Crippen LogP contribution is -2.46. The average molecular weight is 296 g/mol. The Morgan fingerprint density at radius 2 is 2.05 bits per heavy atom. The Kier molecular flexibility index (Phi) is 4.77. The summed E-state index contributed by atoms with van der Waals surface area (Å²) in [7, 11) is -1.44. The van der Waals surface area contributed by atoms with E-state index in [0.29, 0.717) is 36.9 Å². The van der Waals surface area contributed by atoms with Crippen molar-refractivity contribution < 1.29 is 13.7 Å². The standard InChI is InChI=1S/C14H20N2O3S/c1-10-3-4-12(15)13(9-10)20(18)11(2)14(17)16-5-7-19-8-6-16/h3-4,9,11H,5-8,15H2,1-2H3. The first-order valence-corrected chi connectivity index (χ1v) is 7.85. The lowest BCUT2D eigenvalue weighted by molar-refractivity contribution is -0.134. The predicted octanol–water partition coefficient (Wildman–Crippen LogP) is 0.932. The summed E-state index contributed by atoms with van der Waals surface area (Å²) in [6, 6.07) is 5.38. The van der Waals surface area contributed by atoms with Gasteiger partial charge in [-0.1, -0.05) is 6.07 Å². The number of ether oxygens (including phenoxy) is 1. The number of nitrogens with zero attached hydrogens (tertiary/aromatic N) is 1. The fourth-order valence-corrected chi connectivity index (χ4v) is 3.45. The van der Waals surface area contributed by atoms with E-state index < -0.39 is 16.0 Å². The Bertz CT molecular complexity index is 527. The van der Waals surface area contributed by atoms with Gasteiger partial charge in [0, 0.05) is 18.8 Å². The van der Waals surface area contributed by atoms with Crippen LogP contribution in [0.2, 0.25) is 0 Å². The maximum absolute atomic E-state index is 12.6. The topological polar surface area (TPSA) is 72.6 Å². The fourth-order valence-electron chi connectivity index (χ4n) is 2.14. The molecule has 5 nitrogen and oxygen atoms in total. The molecule has 2 unspecified atom stereocenters. The zero-order valence-electron chi connectivity index (χ0n) is 11.8. The van der Waals surface area contributed by atoms with Gasteiger partial charge in [0.2, 0.25) is 5.91 Å². The van der Waals surface area contributed by atoms with Crippen molar-refractivity contribution in [3.63, 3.8) is 0 Å². The molecule has 1 saturated heterocycles. The molecule has 1 amide bonds. The van der Waals surface area contributed by atoms with Crippen molar-refractivity contribution in [2.24, 2.45) is 0 Å². The molecule has 0 saturated carbocycles. The Balaban J connectivity index is 2.15. The van der Waals surface area contributed by atoms with Crippen molar-refractivity contribution in [3.8, 4) is 0 Å². The second-order valence-corrected chi connectivity index (χ2v) is 6.66. The van der Waals surface area contributed by atoms with Gasteiger partial charge >= 0.3 is 0 Å². The van der Waals surface area contributed by atoms with Crippen molar-refractivity contribution in [2.45, 2.75) is 24.0 Å². The van der Waals surface area contributed by atoms with Crippen LogP contribution in [0.5, 0.6) is 0 Å². The molecule has 1 aromatic carbocycles. The average Bonchev–Trinajstić information content (AvgIpc) is 2.48. The first kappa shape index (κ1) is 15.0. The summed E-state index contributed by atoms with van der Waals surface area (Å²) in [5.41, 5.74) is 7.32. The summed E-state index contributed by atoms with van der Waals surface area (Å²) < 4.78 is 17.8. The van der Waals surface area contributed by atoms with Gasteiger partial charge < -0.3 is 15.4 Å². The monoisotopic (exact) mass is 296 g/mol. The summed E-state index contributed by atoms with van der Waals surface area (Å²) >= 11 is 0. The van der Waals surface area contributed by atoms with Gasteiger partial charge in [-0.05, 0) is 31.5 Å². The largest absolute Gasteiger partial charge is 0.398 e. The van der Waals surface area contributed by atoms with Gasteiger partial charge in [0.05, 0.1) is 28.9 Å². The summed E-state index contributed by atoms with van der Waals surface area (Å²) in [6.45, 7) is 5.80. The zero-order valence-corrected chi connectivity index (χ0v) is 12.6. The summed E-state index contributed by atoms with van der Waals surface area (Å²) in [5, 5.41) is -0.600. The second-order valence-electron chi connectivity index (χ2n) is 4.92. The normalized spacial score (nSPS) is 18.6. The number of anilines is 1. The highest BCUT2D eigenvalue weighted by Gasteiger charge is 2.28. The van der Waals surface area contributed by atoms with Crippen LogP contribution in [0.15, 0.2) is 23.1 Å². The number of hydrogen-bond acceptors (Lipinski definition) is 4. The van der Waals surface area contributed by atoms with Crippen LogP contribution in [-0.2, 0) is 20.3 Å². The van der Waals surface area contributed by atoms with E-state index >= 15 is 0 Å². The van der Waals surface area contributed by atoms with E-state index in [1.807, 2.05) is 13.0 Å². The third-order valence-corrected chi connectivity index (χ3v) is 5.01. The van der Waals surface area contributed by atoms with Crippen LogP contribution in [0.4, 0.5) is 5.69 Å². The molecule has 2 N–H and O–H groups in total. The number of benzene rings is 1. The molecule has 0 bridgehead atoms. The number of hydrogen-bond donors (Lipinski definition) is 1. The van der Waals surface area contributed by atoms with Gasteiger partial charge in [-0.15, -0.1) is 0 Å². The van der Waals surface area contributed by atoms with Crippen molar-refractivity contribution in [1.82, 2.24) is 4.90 Å². The highest BCUT2D eigenvalue weighted by molar-refractivity contribution is 7.86. The zero-order chi connectivity index (χ0) is 14.7. The van der Waals surface area contributed by atoms with Crippen molar-refractivity contribution in [3.05, 3.63) is 23.8 Å².